The normalized spacial score (nSPS) is 12.5. The van der Waals surface area contributed by atoms with Gasteiger partial charge in [-0.3, -0.25) is 0 Å². The number of para-hydroxylation sites is 2. The first-order valence-corrected chi connectivity index (χ1v) is 19.8. The van der Waals surface area contributed by atoms with E-state index in [4.69, 9.17) is 0 Å². The minimum absolute atomic E-state index is 0.506. The van der Waals surface area contributed by atoms with Gasteiger partial charge in [-0.15, -0.1) is 0 Å². The highest BCUT2D eigenvalue weighted by Gasteiger charge is 2.46. The van der Waals surface area contributed by atoms with E-state index in [1.54, 1.807) is 0 Å². The summed E-state index contributed by atoms with van der Waals surface area (Å²) < 4.78 is 0.989. The molecule has 0 aliphatic heterocycles. The fourth-order valence-corrected chi connectivity index (χ4v) is 9.29. The van der Waals surface area contributed by atoms with Crippen LogP contribution in [0.4, 0.5) is 34.1 Å². The summed E-state index contributed by atoms with van der Waals surface area (Å²) in [4.78, 5) is 4.76. The van der Waals surface area contributed by atoms with Gasteiger partial charge < -0.3 is 9.80 Å². The molecule has 10 rings (SSSR count). The molecule has 0 aromatic heterocycles. The molecule has 0 N–H and O–H groups in total. The van der Waals surface area contributed by atoms with Gasteiger partial charge in [0.2, 0.25) is 0 Å². The first-order valence-electron chi connectivity index (χ1n) is 19.0. The topological polar surface area (TPSA) is 6.48 Å². The van der Waals surface area contributed by atoms with Crippen molar-refractivity contribution in [2.45, 2.75) is 5.41 Å². The molecule has 1 aliphatic rings. The zero-order chi connectivity index (χ0) is 37.5. The first-order chi connectivity index (χ1) is 27.7. The molecule has 0 spiro atoms. The summed E-state index contributed by atoms with van der Waals surface area (Å²) in [7, 11) is 0. The number of fused-ring (bicyclic) bond motifs is 4. The van der Waals surface area contributed by atoms with Crippen LogP contribution in [-0.4, -0.2) is 0 Å². The molecular weight excluding hydrogens is 745 g/mol. The maximum absolute atomic E-state index is 3.98. The second-order valence-electron chi connectivity index (χ2n) is 14.3. The molecule has 0 amide bonds. The van der Waals surface area contributed by atoms with Crippen molar-refractivity contribution in [1.29, 1.82) is 0 Å². The summed E-state index contributed by atoms with van der Waals surface area (Å²) in [5.74, 6) is 0. The number of nitrogens with zero attached hydrogens (tertiary/aromatic N) is 2. The molecule has 9 aromatic rings. The van der Waals surface area contributed by atoms with E-state index in [1.807, 2.05) is 0 Å². The lowest BCUT2D eigenvalue weighted by molar-refractivity contribution is 0.768. The van der Waals surface area contributed by atoms with Crippen LogP contribution in [0.5, 0.6) is 0 Å². The van der Waals surface area contributed by atoms with Gasteiger partial charge >= 0.3 is 0 Å². The van der Waals surface area contributed by atoms with Crippen LogP contribution in [0.1, 0.15) is 22.3 Å². The number of hydrogen-bond acceptors (Lipinski definition) is 2. The van der Waals surface area contributed by atoms with Crippen molar-refractivity contribution in [3.63, 3.8) is 0 Å². The molecule has 0 radical (unpaired) electrons. The van der Waals surface area contributed by atoms with Crippen LogP contribution in [0.3, 0.4) is 0 Å². The molecule has 56 heavy (non-hydrogen) atoms. The molecule has 0 fully saturated rings. The maximum atomic E-state index is 3.98. The van der Waals surface area contributed by atoms with Gasteiger partial charge in [-0.25, -0.2) is 0 Å². The van der Waals surface area contributed by atoms with Gasteiger partial charge in [0, 0.05) is 38.3 Å². The summed E-state index contributed by atoms with van der Waals surface area (Å²) in [5, 5.41) is 2.39. The maximum Gasteiger partial charge on any atom is 0.0714 e. The lowest BCUT2D eigenvalue weighted by Gasteiger charge is -2.35. The van der Waals surface area contributed by atoms with Crippen molar-refractivity contribution < 1.29 is 0 Å². The zero-order valence-electron chi connectivity index (χ0n) is 30.6. The van der Waals surface area contributed by atoms with Crippen LogP contribution in [0.2, 0.25) is 0 Å². The second-order valence-corrected chi connectivity index (χ2v) is 15.2. The summed E-state index contributed by atoms with van der Waals surface area (Å²) in [6.45, 7) is 0. The van der Waals surface area contributed by atoms with Crippen LogP contribution < -0.4 is 9.80 Å². The third kappa shape index (κ3) is 5.63. The van der Waals surface area contributed by atoms with Crippen molar-refractivity contribution in [2.75, 3.05) is 9.80 Å². The van der Waals surface area contributed by atoms with Crippen molar-refractivity contribution >= 4 is 60.8 Å². The largest absolute Gasteiger partial charge is 0.310 e. The molecule has 0 atom stereocenters. The highest BCUT2D eigenvalue weighted by Crippen LogP contribution is 2.57. The Morgan fingerprint density at radius 1 is 0.339 bits per heavy atom. The quantitative estimate of drug-likeness (QED) is 0.151. The van der Waals surface area contributed by atoms with E-state index >= 15 is 0 Å². The number of benzene rings is 9. The predicted octanol–water partition coefficient (Wildman–Crippen LogP) is 14.9. The zero-order valence-corrected chi connectivity index (χ0v) is 32.2. The lowest BCUT2D eigenvalue weighted by Crippen LogP contribution is -2.28. The SMILES string of the molecule is Brc1cc(N(c2ccccc2)c2ccc3c(c2)C(c2ccccc2)(c2ccccc2)c2ccccc2-3)cc(N(c2ccccc2)c2cccc3ccccc23)c1. The standard InChI is InChI=1S/C53H37BrN2/c54-41-34-45(36-46(35-41)56(43-26-11-4-12-27-43)52-31-17-19-38-18-13-14-28-47(38)52)55(42-24-9-3-10-25-42)44-32-33-49-48-29-15-16-30-50(48)53(51(49)37-44,39-20-5-1-6-21-39)40-22-7-2-8-23-40/h1-37H. The van der Waals surface area contributed by atoms with Gasteiger partial charge in [-0.05, 0) is 99.4 Å². The number of anilines is 6. The van der Waals surface area contributed by atoms with E-state index in [9.17, 15) is 0 Å². The van der Waals surface area contributed by atoms with Gasteiger partial charge in [-0.1, -0.05) is 180 Å². The van der Waals surface area contributed by atoms with Gasteiger partial charge in [0.05, 0.1) is 11.1 Å². The van der Waals surface area contributed by atoms with Crippen molar-refractivity contribution in [2.24, 2.45) is 0 Å². The molecule has 0 bridgehead atoms. The molecule has 266 valence electrons. The monoisotopic (exact) mass is 780 g/mol. The Kier molecular flexibility index (Phi) is 8.58. The second kappa shape index (κ2) is 14.2. The molecule has 9 aromatic carbocycles. The third-order valence-electron chi connectivity index (χ3n) is 11.1. The van der Waals surface area contributed by atoms with E-state index in [0.29, 0.717) is 0 Å². The van der Waals surface area contributed by atoms with Gasteiger partial charge in [0.15, 0.2) is 0 Å². The average molecular weight is 782 g/mol. The van der Waals surface area contributed by atoms with Gasteiger partial charge in [-0.2, -0.15) is 0 Å². The van der Waals surface area contributed by atoms with Crippen LogP contribution in [-0.2, 0) is 5.41 Å². The minimum Gasteiger partial charge on any atom is -0.310 e. The smallest absolute Gasteiger partial charge is 0.0714 e. The van der Waals surface area contributed by atoms with E-state index in [-0.39, 0.29) is 0 Å². The van der Waals surface area contributed by atoms with Gasteiger partial charge in [0.25, 0.3) is 0 Å². The Bertz CT molecular complexity index is 2770. The lowest BCUT2D eigenvalue weighted by atomic mass is 9.67. The Hall–Kier alpha value is -6.68. The van der Waals surface area contributed by atoms with Gasteiger partial charge in [0.1, 0.15) is 0 Å². The van der Waals surface area contributed by atoms with Crippen molar-refractivity contribution in [3.8, 4) is 11.1 Å². The summed E-state index contributed by atoms with van der Waals surface area (Å²) >= 11 is 3.98. The van der Waals surface area contributed by atoms with Crippen molar-refractivity contribution in [1.82, 2.24) is 0 Å². The van der Waals surface area contributed by atoms with E-state index in [1.165, 1.54) is 44.2 Å². The number of rotatable bonds is 8. The minimum atomic E-state index is -0.506. The highest BCUT2D eigenvalue weighted by atomic mass is 79.9. The summed E-state index contributed by atoms with van der Waals surface area (Å²) in [6, 6.07) is 81.3. The van der Waals surface area contributed by atoms with Crippen LogP contribution >= 0.6 is 15.9 Å². The van der Waals surface area contributed by atoms with E-state index in [0.717, 1.165) is 38.6 Å². The third-order valence-corrected chi connectivity index (χ3v) is 11.6. The molecule has 3 heteroatoms. The average Bonchev–Trinajstić information content (AvgIpc) is 3.56. The molecular formula is C53H37BrN2. The first kappa shape index (κ1) is 33.9. The Labute approximate surface area is 336 Å². The summed E-state index contributed by atoms with van der Waals surface area (Å²) in [5.41, 5.74) is 13.6. The molecule has 0 heterocycles. The summed E-state index contributed by atoms with van der Waals surface area (Å²) in [6.07, 6.45) is 0. The Balaban J connectivity index is 1.21. The molecule has 0 saturated carbocycles. The van der Waals surface area contributed by atoms with E-state index < -0.39 is 5.41 Å². The molecule has 1 aliphatic carbocycles. The Morgan fingerprint density at radius 2 is 0.857 bits per heavy atom. The van der Waals surface area contributed by atoms with Crippen LogP contribution in [0.15, 0.2) is 229 Å². The van der Waals surface area contributed by atoms with Crippen LogP contribution in [0.25, 0.3) is 21.9 Å². The molecule has 0 saturated heterocycles. The fourth-order valence-electron chi connectivity index (χ4n) is 8.82. The highest BCUT2D eigenvalue weighted by molar-refractivity contribution is 9.10. The molecule has 0 unspecified atom stereocenters. The number of hydrogen-bond donors (Lipinski definition) is 0. The molecule has 2 nitrogen and oxygen atoms in total. The number of halogens is 1. The van der Waals surface area contributed by atoms with Crippen LogP contribution in [0, 0.1) is 0 Å². The fraction of sp³-hybridized carbons (Fsp3) is 0.0189. The predicted molar refractivity (Wildman–Crippen MR) is 238 cm³/mol. The Morgan fingerprint density at radius 3 is 1.54 bits per heavy atom. The van der Waals surface area contributed by atoms with Crippen molar-refractivity contribution in [3.05, 3.63) is 251 Å². The van der Waals surface area contributed by atoms with E-state index in [2.05, 4.69) is 250 Å².